The summed E-state index contributed by atoms with van der Waals surface area (Å²) in [6.07, 6.45) is 1.21. The lowest BCUT2D eigenvalue weighted by Crippen LogP contribution is -2.55. The SMILES string of the molecule is Fc1c(F)c(F)c(B(Oc2cccc3cccnc23)c2c(F)c(F)c(F)c(F)c2F)c(F)c1F. The maximum Gasteiger partial charge on any atom is 0.438 e. The maximum absolute atomic E-state index is 14.6. The van der Waals surface area contributed by atoms with Crippen molar-refractivity contribution in [1.82, 2.24) is 4.98 Å². The van der Waals surface area contributed by atoms with Gasteiger partial charge in [-0.3, -0.25) is 4.98 Å². The molecule has 0 unspecified atom stereocenters. The van der Waals surface area contributed by atoms with E-state index in [-0.39, 0.29) is 5.52 Å². The fourth-order valence-electron chi connectivity index (χ4n) is 3.26. The highest BCUT2D eigenvalue weighted by Gasteiger charge is 2.43. The van der Waals surface area contributed by atoms with E-state index >= 15 is 0 Å². The normalized spacial score (nSPS) is 11.2. The summed E-state index contributed by atoms with van der Waals surface area (Å²) in [6.45, 7) is -3.01. The molecule has 0 radical (unpaired) electrons. The highest BCUT2D eigenvalue weighted by molar-refractivity contribution is 6.81. The minimum absolute atomic E-state index is 0.109. The molecule has 0 aliphatic rings. The molecule has 0 saturated carbocycles. The minimum Gasteiger partial charge on any atom is -0.550 e. The van der Waals surface area contributed by atoms with Gasteiger partial charge in [0.25, 0.3) is 0 Å². The van der Waals surface area contributed by atoms with Crippen LogP contribution in [0.5, 0.6) is 5.75 Å². The first-order chi connectivity index (χ1) is 16.1. The average Bonchev–Trinajstić information content (AvgIpc) is 2.84. The van der Waals surface area contributed by atoms with Crippen molar-refractivity contribution < 1.29 is 48.6 Å². The first kappa shape index (κ1) is 23.4. The summed E-state index contributed by atoms with van der Waals surface area (Å²) in [4.78, 5) is 3.89. The number of hydrogen-bond donors (Lipinski definition) is 0. The quantitative estimate of drug-likeness (QED) is 0.178. The van der Waals surface area contributed by atoms with Crippen molar-refractivity contribution in [2.24, 2.45) is 0 Å². The second-order valence-corrected chi connectivity index (χ2v) is 6.80. The van der Waals surface area contributed by atoms with Gasteiger partial charge in [-0.05, 0) is 12.1 Å². The largest absolute Gasteiger partial charge is 0.550 e. The molecule has 0 spiro atoms. The van der Waals surface area contributed by atoms with Crippen molar-refractivity contribution >= 4 is 28.7 Å². The molecule has 34 heavy (non-hydrogen) atoms. The van der Waals surface area contributed by atoms with E-state index in [0.29, 0.717) is 5.39 Å². The van der Waals surface area contributed by atoms with Crippen molar-refractivity contribution in [3.63, 3.8) is 0 Å². The lowest BCUT2D eigenvalue weighted by Gasteiger charge is -2.20. The maximum atomic E-state index is 14.6. The number of fused-ring (bicyclic) bond motifs is 1. The summed E-state index contributed by atoms with van der Waals surface area (Å²) in [6, 6.07) is 6.69. The molecule has 2 nitrogen and oxygen atoms in total. The molecule has 0 amide bonds. The van der Waals surface area contributed by atoms with E-state index in [9.17, 15) is 43.9 Å². The summed E-state index contributed by atoms with van der Waals surface area (Å²) < 4.78 is 146. The first-order valence-electron chi connectivity index (χ1n) is 9.09. The topological polar surface area (TPSA) is 22.1 Å². The Hall–Kier alpha value is -3.77. The first-order valence-corrected chi connectivity index (χ1v) is 9.09. The minimum atomic E-state index is -3.01. The molecule has 174 valence electrons. The van der Waals surface area contributed by atoms with Gasteiger partial charge in [0.15, 0.2) is 58.2 Å². The summed E-state index contributed by atoms with van der Waals surface area (Å²) in [5.74, 6) is -26.2. The zero-order valence-corrected chi connectivity index (χ0v) is 16.2. The molecule has 1 heterocycles. The van der Waals surface area contributed by atoms with Crippen LogP contribution in [0.15, 0.2) is 36.5 Å². The number of benzene rings is 3. The molecular weight excluding hydrogens is 483 g/mol. The van der Waals surface area contributed by atoms with Gasteiger partial charge in [-0.25, -0.2) is 43.9 Å². The Labute approximate surface area is 183 Å². The van der Waals surface area contributed by atoms with Crippen molar-refractivity contribution in [2.75, 3.05) is 0 Å². The third-order valence-electron chi connectivity index (χ3n) is 4.85. The van der Waals surface area contributed by atoms with Crippen LogP contribution in [0.1, 0.15) is 0 Å². The molecule has 0 fully saturated rings. The van der Waals surface area contributed by atoms with Gasteiger partial charge in [0.1, 0.15) is 11.3 Å². The van der Waals surface area contributed by atoms with Crippen molar-refractivity contribution in [1.29, 1.82) is 0 Å². The number of nitrogens with zero attached hydrogens (tertiary/aromatic N) is 1. The number of aromatic nitrogens is 1. The predicted molar refractivity (Wildman–Crippen MR) is 99.9 cm³/mol. The summed E-state index contributed by atoms with van der Waals surface area (Å²) >= 11 is 0. The predicted octanol–water partition coefficient (Wildman–Crippen LogP) is 4.81. The molecule has 0 bridgehead atoms. The molecule has 0 N–H and O–H groups in total. The van der Waals surface area contributed by atoms with E-state index in [1.54, 1.807) is 0 Å². The zero-order valence-electron chi connectivity index (χ0n) is 16.2. The Bertz CT molecular complexity index is 1330. The highest BCUT2D eigenvalue weighted by Crippen LogP contribution is 2.26. The van der Waals surface area contributed by atoms with E-state index in [4.69, 9.17) is 4.65 Å². The van der Waals surface area contributed by atoms with Crippen molar-refractivity contribution in [3.8, 4) is 5.75 Å². The zero-order chi connectivity index (χ0) is 24.9. The number of rotatable bonds is 4. The van der Waals surface area contributed by atoms with Crippen LogP contribution in [0.3, 0.4) is 0 Å². The summed E-state index contributed by atoms with van der Waals surface area (Å²) in [5, 5.41) is 0.300. The van der Waals surface area contributed by atoms with Crippen LogP contribution in [-0.2, 0) is 0 Å². The van der Waals surface area contributed by atoms with E-state index in [1.807, 2.05) is 0 Å². The molecule has 4 rings (SSSR count). The van der Waals surface area contributed by atoms with Gasteiger partial charge >= 0.3 is 6.92 Å². The van der Waals surface area contributed by atoms with Gasteiger partial charge in [0.05, 0.1) is 0 Å². The summed E-state index contributed by atoms with van der Waals surface area (Å²) in [7, 11) is 0. The molecule has 0 atom stereocenters. The molecular formula is C21H6BF10NO. The lowest BCUT2D eigenvalue weighted by atomic mass is 9.54. The molecule has 1 aromatic heterocycles. The molecule has 0 aliphatic carbocycles. The van der Waals surface area contributed by atoms with Crippen LogP contribution in [0.4, 0.5) is 43.9 Å². The van der Waals surface area contributed by atoms with E-state index < -0.39 is 81.8 Å². The molecule has 13 heteroatoms. The second-order valence-electron chi connectivity index (χ2n) is 6.80. The van der Waals surface area contributed by atoms with E-state index in [0.717, 1.165) is 6.07 Å². The molecule has 0 aliphatic heterocycles. The van der Waals surface area contributed by atoms with Crippen molar-refractivity contribution in [3.05, 3.63) is 94.7 Å². The Morgan fingerprint density at radius 2 is 0.941 bits per heavy atom. The number of para-hydroxylation sites is 1. The molecule has 0 saturated heterocycles. The van der Waals surface area contributed by atoms with Crippen LogP contribution < -0.4 is 15.6 Å². The molecule has 4 aromatic rings. The van der Waals surface area contributed by atoms with Gasteiger partial charge in [0, 0.05) is 22.5 Å². The fourth-order valence-corrected chi connectivity index (χ4v) is 3.26. The molecule has 3 aromatic carbocycles. The van der Waals surface area contributed by atoms with Gasteiger partial charge in [-0.2, -0.15) is 0 Å². The lowest BCUT2D eigenvalue weighted by molar-refractivity contribution is 0.379. The van der Waals surface area contributed by atoms with E-state index in [2.05, 4.69) is 4.98 Å². The smallest absolute Gasteiger partial charge is 0.438 e. The van der Waals surface area contributed by atoms with Crippen LogP contribution in [-0.4, -0.2) is 11.9 Å². The average molecular weight is 489 g/mol. The second kappa shape index (κ2) is 8.54. The fraction of sp³-hybridized carbons (Fsp3) is 0. The Morgan fingerprint density at radius 1 is 0.529 bits per heavy atom. The number of pyridine rings is 1. The van der Waals surface area contributed by atoms with Crippen LogP contribution in [0.2, 0.25) is 0 Å². The van der Waals surface area contributed by atoms with Crippen LogP contribution >= 0.6 is 0 Å². The highest BCUT2D eigenvalue weighted by atomic mass is 19.2. The van der Waals surface area contributed by atoms with E-state index in [1.165, 1.54) is 30.5 Å². The van der Waals surface area contributed by atoms with Gasteiger partial charge in [0.2, 0.25) is 0 Å². The van der Waals surface area contributed by atoms with Gasteiger partial charge < -0.3 is 4.65 Å². The summed E-state index contributed by atoms with van der Waals surface area (Å²) in [5.41, 5.74) is -4.07. The Morgan fingerprint density at radius 3 is 1.41 bits per heavy atom. The van der Waals surface area contributed by atoms with Crippen LogP contribution in [0, 0.1) is 58.2 Å². The standard InChI is InChI=1S/C21H6BF10NO/c23-11-9(12(24)16(28)19(31)15(11)27)22(10-13(25)17(29)20(32)18(30)14(10)26)34-8-5-1-3-7-4-2-6-33-21(7)8/h1-6H. The Balaban J connectivity index is 2.08. The number of halogens is 10. The third kappa shape index (κ3) is 3.51. The number of hydrogen-bond acceptors (Lipinski definition) is 2. The monoisotopic (exact) mass is 489 g/mol. The Kier molecular flexibility index (Phi) is 5.88. The van der Waals surface area contributed by atoms with Gasteiger partial charge in [-0.15, -0.1) is 0 Å². The van der Waals surface area contributed by atoms with Crippen molar-refractivity contribution in [2.45, 2.75) is 0 Å². The van der Waals surface area contributed by atoms with Gasteiger partial charge in [-0.1, -0.05) is 18.2 Å². The van der Waals surface area contributed by atoms with Crippen LogP contribution in [0.25, 0.3) is 10.9 Å². The third-order valence-corrected chi connectivity index (χ3v) is 4.85.